The van der Waals surface area contributed by atoms with Crippen LogP contribution in [0.1, 0.15) is 22.7 Å². The van der Waals surface area contributed by atoms with Gasteiger partial charge in [0.1, 0.15) is 17.3 Å². The fourth-order valence-electron chi connectivity index (χ4n) is 3.87. The number of ether oxygens (including phenoxy) is 2. The number of hydrogen-bond donors (Lipinski definition) is 1. The average Bonchev–Trinajstić information content (AvgIpc) is 3.09. The van der Waals surface area contributed by atoms with Gasteiger partial charge in [-0.05, 0) is 35.9 Å². The van der Waals surface area contributed by atoms with Crippen LogP contribution in [0.3, 0.4) is 0 Å². The Morgan fingerprint density at radius 3 is 2.47 bits per heavy atom. The van der Waals surface area contributed by atoms with Crippen molar-refractivity contribution < 1.29 is 24.2 Å². The molecule has 1 saturated heterocycles. The molecule has 7 nitrogen and oxygen atoms in total. The molecule has 1 atom stereocenters. The van der Waals surface area contributed by atoms with Crippen LogP contribution < -0.4 is 9.47 Å². The van der Waals surface area contributed by atoms with E-state index in [4.69, 9.17) is 9.47 Å². The molecule has 0 aliphatic carbocycles. The number of amides is 1. The maximum Gasteiger partial charge on any atom is 0.295 e. The second kappa shape index (κ2) is 8.93. The van der Waals surface area contributed by atoms with E-state index in [2.05, 4.69) is 4.98 Å². The Bertz CT molecular complexity index is 1190. The minimum Gasteiger partial charge on any atom is -0.507 e. The number of carbonyl (C=O) groups excluding carboxylic acids is 2. The summed E-state index contributed by atoms with van der Waals surface area (Å²) in [5, 5.41) is 11.2. The smallest absolute Gasteiger partial charge is 0.295 e. The molecule has 4 rings (SSSR count). The fourth-order valence-corrected chi connectivity index (χ4v) is 3.87. The fraction of sp³-hybridized carbons (Fsp3) is 0.160. The van der Waals surface area contributed by atoms with Crippen LogP contribution in [0, 0.1) is 0 Å². The molecule has 1 aliphatic rings. The summed E-state index contributed by atoms with van der Waals surface area (Å²) in [6.07, 6.45) is 3.25. The van der Waals surface area contributed by atoms with Gasteiger partial charge in [-0.2, -0.15) is 0 Å². The van der Waals surface area contributed by atoms with Crippen molar-refractivity contribution in [1.29, 1.82) is 0 Å². The molecular weight excluding hydrogens is 408 g/mol. The summed E-state index contributed by atoms with van der Waals surface area (Å²) in [6, 6.07) is 16.6. The number of likely N-dealkylation sites (tertiary alicyclic amines) is 1. The number of Topliss-reactive ketones (excluding diaryl/α,β-unsaturated/α-hetero) is 1. The highest BCUT2D eigenvalue weighted by atomic mass is 16.5. The molecule has 3 aromatic rings. The standard InChI is InChI=1S/C25H22N2O5/c1-31-18-7-5-6-17(14-18)23(28)21-22(19-8-3-4-9-20(19)32-2)27(25(30)24(21)29)15-16-10-12-26-13-11-16/h3-14,22,28H,15H2,1-2H3/b23-21-. The van der Waals surface area contributed by atoms with Crippen molar-refractivity contribution in [3.8, 4) is 11.5 Å². The minimum absolute atomic E-state index is 0.00168. The summed E-state index contributed by atoms with van der Waals surface area (Å²) in [5.41, 5.74) is 1.80. The van der Waals surface area contributed by atoms with E-state index in [-0.39, 0.29) is 17.9 Å². The van der Waals surface area contributed by atoms with Gasteiger partial charge in [-0.1, -0.05) is 30.3 Å². The molecule has 0 radical (unpaired) electrons. The highest BCUT2D eigenvalue weighted by molar-refractivity contribution is 6.46. The van der Waals surface area contributed by atoms with E-state index in [1.807, 2.05) is 0 Å². The molecule has 0 spiro atoms. The lowest BCUT2D eigenvalue weighted by molar-refractivity contribution is -0.140. The first kappa shape index (κ1) is 21.1. The maximum absolute atomic E-state index is 13.2. The Kier molecular flexibility index (Phi) is 5.89. The Balaban J connectivity index is 1.90. The Morgan fingerprint density at radius 2 is 1.75 bits per heavy atom. The second-order valence-corrected chi connectivity index (χ2v) is 7.26. The van der Waals surface area contributed by atoms with Crippen LogP contribution in [0.4, 0.5) is 0 Å². The molecule has 162 valence electrons. The lowest BCUT2D eigenvalue weighted by Crippen LogP contribution is -2.29. The van der Waals surface area contributed by atoms with Crippen molar-refractivity contribution in [2.75, 3.05) is 14.2 Å². The van der Waals surface area contributed by atoms with Gasteiger partial charge in [0.05, 0.1) is 25.8 Å². The number of aliphatic hydroxyl groups is 1. The lowest BCUT2D eigenvalue weighted by Gasteiger charge is -2.26. The third kappa shape index (κ3) is 3.80. The van der Waals surface area contributed by atoms with Crippen LogP contribution in [0.25, 0.3) is 5.76 Å². The van der Waals surface area contributed by atoms with Gasteiger partial charge in [-0.25, -0.2) is 0 Å². The number of aromatic nitrogens is 1. The first-order chi connectivity index (χ1) is 15.5. The largest absolute Gasteiger partial charge is 0.507 e. The Hall–Kier alpha value is -4.13. The summed E-state index contributed by atoms with van der Waals surface area (Å²) in [7, 11) is 3.04. The van der Waals surface area contributed by atoms with E-state index in [0.29, 0.717) is 22.6 Å². The average molecular weight is 430 g/mol. The summed E-state index contributed by atoms with van der Waals surface area (Å²) in [6.45, 7) is 0.171. The van der Waals surface area contributed by atoms with Crippen LogP contribution in [0.15, 0.2) is 78.6 Å². The maximum atomic E-state index is 13.2. The molecule has 2 heterocycles. The van der Waals surface area contributed by atoms with Crippen LogP contribution >= 0.6 is 0 Å². The van der Waals surface area contributed by atoms with Crippen LogP contribution in [-0.2, 0) is 16.1 Å². The van der Waals surface area contributed by atoms with Crippen molar-refractivity contribution in [2.24, 2.45) is 0 Å². The van der Waals surface area contributed by atoms with Crippen molar-refractivity contribution in [2.45, 2.75) is 12.6 Å². The van der Waals surface area contributed by atoms with E-state index in [1.54, 1.807) is 73.1 Å². The Morgan fingerprint density at radius 1 is 1.00 bits per heavy atom. The first-order valence-electron chi connectivity index (χ1n) is 9.99. The van der Waals surface area contributed by atoms with Crippen molar-refractivity contribution >= 4 is 17.4 Å². The molecular formula is C25H22N2O5. The summed E-state index contributed by atoms with van der Waals surface area (Å²) in [4.78, 5) is 31.7. The van der Waals surface area contributed by atoms with Crippen molar-refractivity contribution in [3.63, 3.8) is 0 Å². The summed E-state index contributed by atoms with van der Waals surface area (Å²) in [5.74, 6) is -0.683. The number of rotatable bonds is 6. The van der Waals surface area contributed by atoms with E-state index in [1.165, 1.54) is 19.1 Å². The number of pyridine rings is 1. The van der Waals surface area contributed by atoms with E-state index in [0.717, 1.165) is 5.56 Å². The Labute approximate surface area is 185 Å². The van der Waals surface area contributed by atoms with Crippen LogP contribution in [0.2, 0.25) is 0 Å². The first-order valence-corrected chi connectivity index (χ1v) is 9.99. The number of benzene rings is 2. The molecule has 1 amide bonds. The third-order valence-electron chi connectivity index (χ3n) is 5.42. The highest BCUT2D eigenvalue weighted by Gasteiger charge is 2.47. The van der Waals surface area contributed by atoms with Crippen molar-refractivity contribution in [1.82, 2.24) is 9.88 Å². The lowest BCUT2D eigenvalue weighted by atomic mass is 9.94. The molecule has 1 N–H and O–H groups in total. The number of para-hydroxylation sites is 1. The molecule has 1 aliphatic heterocycles. The van der Waals surface area contributed by atoms with E-state index in [9.17, 15) is 14.7 Å². The van der Waals surface area contributed by atoms with Crippen molar-refractivity contribution in [3.05, 3.63) is 95.3 Å². The molecule has 1 fully saturated rings. The van der Waals surface area contributed by atoms with Gasteiger partial charge in [0.25, 0.3) is 11.7 Å². The quantitative estimate of drug-likeness (QED) is 0.364. The summed E-state index contributed by atoms with van der Waals surface area (Å²) < 4.78 is 10.8. The normalized spacial score (nSPS) is 17.4. The molecule has 0 bridgehead atoms. The molecule has 2 aromatic carbocycles. The SMILES string of the molecule is COc1cccc(/C(O)=C2/C(=O)C(=O)N(Cc3ccncc3)C2c2ccccc2OC)c1. The monoisotopic (exact) mass is 430 g/mol. The number of aliphatic hydroxyl groups excluding tert-OH is 1. The van der Waals surface area contributed by atoms with Gasteiger partial charge in [-0.3, -0.25) is 14.6 Å². The summed E-state index contributed by atoms with van der Waals surface area (Å²) >= 11 is 0. The van der Waals surface area contributed by atoms with Crippen LogP contribution in [0.5, 0.6) is 11.5 Å². The van der Waals surface area contributed by atoms with Gasteiger partial charge in [0, 0.05) is 30.1 Å². The minimum atomic E-state index is -0.828. The van der Waals surface area contributed by atoms with Gasteiger partial charge in [0.2, 0.25) is 0 Å². The molecule has 1 unspecified atom stereocenters. The van der Waals surface area contributed by atoms with Gasteiger partial charge < -0.3 is 19.5 Å². The van der Waals surface area contributed by atoms with Gasteiger partial charge in [0.15, 0.2) is 0 Å². The highest BCUT2D eigenvalue weighted by Crippen LogP contribution is 2.43. The number of methoxy groups -OCH3 is 2. The molecule has 32 heavy (non-hydrogen) atoms. The molecule has 7 heteroatoms. The third-order valence-corrected chi connectivity index (χ3v) is 5.42. The zero-order chi connectivity index (χ0) is 22.7. The predicted molar refractivity (Wildman–Crippen MR) is 118 cm³/mol. The van der Waals surface area contributed by atoms with Gasteiger partial charge >= 0.3 is 0 Å². The number of hydrogen-bond acceptors (Lipinski definition) is 6. The number of nitrogens with zero attached hydrogens (tertiary/aromatic N) is 2. The zero-order valence-electron chi connectivity index (χ0n) is 17.7. The topological polar surface area (TPSA) is 89.0 Å². The second-order valence-electron chi connectivity index (χ2n) is 7.26. The predicted octanol–water partition coefficient (Wildman–Crippen LogP) is 3.72. The molecule has 0 saturated carbocycles. The van der Waals surface area contributed by atoms with E-state index < -0.39 is 17.7 Å². The van der Waals surface area contributed by atoms with Crippen LogP contribution in [-0.4, -0.2) is 40.9 Å². The zero-order valence-corrected chi connectivity index (χ0v) is 17.7. The number of ketones is 1. The molecule has 1 aromatic heterocycles. The van der Waals surface area contributed by atoms with Gasteiger partial charge in [-0.15, -0.1) is 0 Å². The number of carbonyl (C=O) groups is 2. The van der Waals surface area contributed by atoms with E-state index >= 15 is 0 Å².